The molecule has 1 spiro atoms. The second kappa shape index (κ2) is 8.22. The van der Waals surface area contributed by atoms with Crippen LogP contribution in [0.5, 0.6) is 0 Å². The largest absolute Gasteiger partial charge is 0.339 e. The van der Waals surface area contributed by atoms with Crippen LogP contribution in [0.1, 0.15) is 45.6 Å². The molecule has 0 radical (unpaired) electrons. The van der Waals surface area contributed by atoms with Gasteiger partial charge in [-0.15, -0.1) is 0 Å². The summed E-state index contributed by atoms with van der Waals surface area (Å²) in [5, 5.41) is 2.95. The molecule has 168 valence electrons. The van der Waals surface area contributed by atoms with E-state index in [4.69, 9.17) is 0 Å². The predicted molar refractivity (Wildman–Crippen MR) is 116 cm³/mol. The highest BCUT2D eigenvalue weighted by Crippen LogP contribution is 2.46. The van der Waals surface area contributed by atoms with Gasteiger partial charge in [0.2, 0.25) is 5.91 Å². The number of imide groups is 1. The van der Waals surface area contributed by atoms with Gasteiger partial charge in [0.05, 0.1) is 0 Å². The first-order chi connectivity index (χ1) is 14.7. The number of carbonyl (C=O) groups excluding carboxylic acids is 3. The fourth-order valence-electron chi connectivity index (χ4n) is 5.79. The van der Waals surface area contributed by atoms with E-state index >= 15 is 0 Å². The second-order valence-electron chi connectivity index (χ2n) is 10.3. The molecule has 0 bridgehead atoms. The number of aromatic nitrogens is 1. The van der Waals surface area contributed by atoms with Gasteiger partial charge in [-0.3, -0.25) is 24.4 Å². The maximum Gasteiger partial charge on any atom is 0.325 e. The minimum atomic E-state index is -0.859. The molecular weight excluding hydrogens is 394 g/mol. The molecule has 31 heavy (non-hydrogen) atoms. The van der Waals surface area contributed by atoms with Crippen LogP contribution in [0.2, 0.25) is 0 Å². The van der Waals surface area contributed by atoms with Crippen molar-refractivity contribution in [1.29, 1.82) is 0 Å². The molecule has 1 aliphatic carbocycles. The Morgan fingerprint density at radius 3 is 2.45 bits per heavy atom. The maximum absolute atomic E-state index is 13.3. The van der Waals surface area contributed by atoms with E-state index in [9.17, 15) is 14.4 Å². The van der Waals surface area contributed by atoms with Gasteiger partial charge in [0, 0.05) is 45.1 Å². The SMILES string of the molecule is C[C@H]1CC(C)(C)C[C@@]2(C1)NC(=O)N(CC(=O)N1CCN(Cc3ccncc3)CC1)C2=O. The average Bonchev–Trinajstić information content (AvgIpc) is 2.91. The average molecular weight is 428 g/mol. The molecule has 4 amide bonds. The lowest BCUT2D eigenvalue weighted by molar-refractivity contribution is -0.141. The smallest absolute Gasteiger partial charge is 0.325 e. The van der Waals surface area contributed by atoms with E-state index in [2.05, 4.69) is 36.0 Å². The van der Waals surface area contributed by atoms with Crippen LogP contribution in [-0.2, 0) is 16.1 Å². The molecule has 3 heterocycles. The summed E-state index contributed by atoms with van der Waals surface area (Å²) in [6, 6.07) is 3.57. The Hall–Kier alpha value is -2.48. The van der Waals surface area contributed by atoms with Crippen LogP contribution in [0.3, 0.4) is 0 Å². The van der Waals surface area contributed by atoms with E-state index in [0.29, 0.717) is 31.8 Å². The molecule has 3 aliphatic rings. The highest BCUT2D eigenvalue weighted by Gasteiger charge is 2.56. The van der Waals surface area contributed by atoms with Gasteiger partial charge in [-0.2, -0.15) is 0 Å². The van der Waals surface area contributed by atoms with Crippen molar-refractivity contribution in [3.8, 4) is 0 Å². The molecule has 1 aromatic heterocycles. The number of nitrogens with one attached hydrogen (secondary N) is 1. The van der Waals surface area contributed by atoms with Gasteiger partial charge in [0.1, 0.15) is 12.1 Å². The quantitative estimate of drug-likeness (QED) is 0.742. The third-order valence-electron chi connectivity index (χ3n) is 6.80. The molecule has 1 saturated carbocycles. The van der Waals surface area contributed by atoms with Crippen LogP contribution in [0.4, 0.5) is 4.79 Å². The fourth-order valence-corrected chi connectivity index (χ4v) is 5.79. The summed E-state index contributed by atoms with van der Waals surface area (Å²) in [5.41, 5.74) is 0.317. The molecule has 2 atom stereocenters. The summed E-state index contributed by atoms with van der Waals surface area (Å²) in [4.78, 5) is 48.1. The lowest BCUT2D eigenvalue weighted by Gasteiger charge is -2.43. The molecule has 2 aliphatic heterocycles. The Kier molecular flexibility index (Phi) is 5.77. The number of piperazine rings is 1. The number of hydrogen-bond donors (Lipinski definition) is 1. The van der Waals surface area contributed by atoms with Gasteiger partial charge in [0.25, 0.3) is 5.91 Å². The third kappa shape index (κ3) is 4.59. The Labute approximate surface area is 184 Å². The summed E-state index contributed by atoms with van der Waals surface area (Å²) in [7, 11) is 0. The van der Waals surface area contributed by atoms with Crippen LogP contribution in [0, 0.1) is 11.3 Å². The molecule has 1 aromatic rings. The summed E-state index contributed by atoms with van der Waals surface area (Å²) in [5.74, 6) is -0.0499. The van der Waals surface area contributed by atoms with E-state index in [-0.39, 0.29) is 23.8 Å². The van der Waals surface area contributed by atoms with E-state index in [1.165, 1.54) is 5.56 Å². The standard InChI is InChI=1S/C23H33N5O3/c1-17-12-22(2,3)16-23(13-17)20(30)28(21(31)25-23)15-19(29)27-10-8-26(9-11-27)14-18-4-6-24-7-5-18/h4-7,17H,8-16H2,1-3H3,(H,25,31)/t17-,23+/m0/s1. The maximum atomic E-state index is 13.3. The van der Waals surface area contributed by atoms with Crippen LogP contribution in [0.15, 0.2) is 24.5 Å². The molecule has 4 rings (SSSR count). The highest BCUT2D eigenvalue weighted by atomic mass is 16.2. The monoisotopic (exact) mass is 427 g/mol. The molecule has 8 nitrogen and oxygen atoms in total. The number of rotatable bonds is 4. The van der Waals surface area contributed by atoms with Gasteiger partial charge >= 0.3 is 6.03 Å². The van der Waals surface area contributed by atoms with Crippen molar-refractivity contribution < 1.29 is 14.4 Å². The first-order valence-corrected chi connectivity index (χ1v) is 11.2. The summed E-state index contributed by atoms with van der Waals surface area (Å²) >= 11 is 0. The second-order valence-corrected chi connectivity index (χ2v) is 10.3. The minimum absolute atomic E-state index is 0.0221. The molecule has 1 N–H and O–H groups in total. The summed E-state index contributed by atoms with van der Waals surface area (Å²) < 4.78 is 0. The van der Waals surface area contributed by atoms with Crippen molar-refractivity contribution >= 4 is 17.8 Å². The summed E-state index contributed by atoms with van der Waals surface area (Å²) in [6.45, 7) is 9.80. The van der Waals surface area contributed by atoms with Crippen molar-refractivity contribution in [1.82, 2.24) is 25.0 Å². The number of hydrogen-bond acceptors (Lipinski definition) is 5. The van der Waals surface area contributed by atoms with Crippen molar-refractivity contribution in [3.05, 3.63) is 30.1 Å². The molecule has 0 aromatic carbocycles. The van der Waals surface area contributed by atoms with Crippen molar-refractivity contribution in [2.24, 2.45) is 11.3 Å². The molecule has 8 heteroatoms. The van der Waals surface area contributed by atoms with E-state index in [1.54, 1.807) is 17.3 Å². The first-order valence-electron chi connectivity index (χ1n) is 11.2. The molecule has 2 saturated heterocycles. The van der Waals surface area contributed by atoms with Crippen molar-refractivity contribution in [3.63, 3.8) is 0 Å². The first kappa shape index (κ1) is 21.7. The van der Waals surface area contributed by atoms with Gasteiger partial charge < -0.3 is 10.2 Å². The third-order valence-corrected chi connectivity index (χ3v) is 6.80. The van der Waals surface area contributed by atoms with Crippen LogP contribution in [-0.4, -0.2) is 75.8 Å². The van der Waals surface area contributed by atoms with Gasteiger partial charge in [-0.1, -0.05) is 20.8 Å². The predicted octanol–water partition coefficient (Wildman–Crippen LogP) is 1.86. The molecule has 3 fully saturated rings. The zero-order valence-corrected chi connectivity index (χ0v) is 18.8. The normalized spacial score (nSPS) is 28.8. The molecule has 0 unspecified atom stereocenters. The van der Waals surface area contributed by atoms with Gasteiger partial charge in [-0.05, 0) is 48.3 Å². The zero-order valence-electron chi connectivity index (χ0n) is 18.8. The van der Waals surface area contributed by atoms with E-state index in [1.807, 2.05) is 12.1 Å². The number of nitrogens with zero attached hydrogens (tertiary/aromatic N) is 4. The van der Waals surface area contributed by atoms with Gasteiger partial charge in [0.15, 0.2) is 0 Å². The number of urea groups is 1. The van der Waals surface area contributed by atoms with Gasteiger partial charge in [-0.25, -0.2) is 4.79 Å². The van der Waals surface area contributed by atoms with E-state index in [0.717, 1.165) is 31.0 Å². The Morgan fingerprint density at radius 1 is 1.13 bits per heavy atom. The molecular formula is C23H33N5O3. The van der Waals surface area contributed by atoms with Crippen molar-refractivity contribution in [2.75, 3.05) is 32.7 Å². The van der Waals surface area contributed by atoms with Crippen LogP contribution >= 0.6 is 0 Å². The van der Waals surface area contributed by atoms with Crippen LogP contribution < -0.4 is 5.32 Å². The number of carbonyl (C=O) groups is 3. The topological polar surface area (TPSA) is 85.8 Å². The fraction of sp³-hybridized carbons (Fsp3) is 0.652. The Morgan fingerprint density at radius 2 is 1.81 bits per heavy atom. The summed E-state index contributed by atoms with van der Waals surface area (Å²) in [6.07, 6.45) is 5.86. The number of pyridine rings is 1. The van der Waals surface area contributed by atoms with Crippen LogP contribution in [0.25, 0.3) is 0 Å². The Balaban J connectivity index is 1.34. The highest BCUT2D eigenvalue weighted by molar-refractivity contribution is 6.09. The Bertz CT molecular complexity index is 850. The zero-order chi connectivity index (χ0) is 22.2. The lowest BCUT2D eigenvalue weighted by Crippen LogP contribution is -2.55. The lowest BCUT2D eigenvalue weighted by atomic mass is 9.64. The number of amides is 4. The van der Waals surface area contributed by atoms with Crippen molar-refractivity contribution in [2.45, 2.75) is 52.1 Å². The minimum Gasteiger partial charge on any atom is -0.339 e. The van der Waals surface area contributed by atoms with E-state index < -0.39 is 11.6 Å².